The van der Waals surface area contributed by atoms with Crippen molar-refractivity contribution in [1.82, 2.24) is 0 Å². The molecule has 0 spiro atoms. The molecular weight excluding hydrogens is 1070 g/mol. The van der Waals surface area contributed by atoms with Crippen LogP contribution in [0.15, 0.2) is 11.6 Å². The highest BCUT2D eigenvalue weighted by atomic mass is 16.8. The van der Waals surface area contributed by atoms with Gasteiger partial charge in [0.05, 0.1) is 44.1 Å². The van der Waals surface area contributed by atoms with E-state index in [0.717, 1.165) is 51.4 Å². The van der Waals surface area contributed by atoms with Crippen molar-refractivity contribution < 1.29 is 119 Å². The second-order valence-corrected chi connectivity index (χ2v) is 27.7. The minimum Gasteiger partial charge on any atom is -0.432 e. The van der Waals surface area contributed by atoms with Gasteiger partial charge in [0.1, 0.15) is 91.6 Å². The summed E-state index contributed by atoms with van der Waals surface area (Å²) in [7, 11) is 0. The third-order valence-electron chi connectivity index (χ3n) is 22.3. The molecule has 5 heterocycles. The van der Waals surface area contributed by atoms with Gasteiger partial charge in [-0.05, 0) is 116 Å². The topological polar surface area (TPSA) is 372 Å². The summed E-state index contributed by atoms with van der Waals surface area (Å²) in [6, 6.07) is 0. The van der Waals surface area contributed by atoms with Gasteiger partial charge < -0.3 is 114 Å². The fourth-order valence-corrected chi connectivity index (χ4v) is 17.0. The summed E-state index contributed by atoms with van der Waals surface area (Å²) in [6.07, 6.45) is -27.9. The van der Waals surface area contributed by atoms with Crippen molar-refractivity contribution in [3.05, 3.63) is 11.6 Å². The third-order valence-corrected chi connectivity index (χ3v) is 22.3. The second kappa shape index (κ2) is 22.8. The van der Waals surface area contributed by atoms with Gasteiger partial charge in [0.15, 0.2) is 31.3 Å². The standard InChI is InChI=1S/C57H92O24/c1-24-42(77-46-38(67)34(63)27(59)21-72-46)44(79-47-40(69)43(29(61)23-73-47)78-48-39(68)37(66)36(65)30(20-58)76-48)41(70)49(75-24)80-45-35(64)28(60)22-74-50(45)81-51(71)57-17-15-52(2,3)19-26(57)25-9-10-32-54(6)13-12-33(62)53(4,5)31(54)11-14-56(32,8)55(25,7)16-18-57/h9,24,26-50,58-70H,10-23H2,1-8H3/t24-,26-,27+,28-,29+,30+,31-,32+,33-,34-,35-,36+,37-,38+,39+,40+,41+,42-,43-,44-,45+,46-,47-,48-,49-,50-,54-,55+,56+,57-/m0/s1. The van der Waals surface area contributed by atoms with Gasteiger partial charge in [-0.15, -0.1) is 0 Å². The average molecular weight is 1160 g/mol. The van der Waals surface area contributed by atoms with E-state index in [-0.39, 0.29) is 39.1 Å². The summed E-state index contributed by atoms with van der Waals surface area (Å²) >= 11 is 0. The molecule has 0 bridgehead atoms. The van der Waals surface area contributed by atoms with E-state index < -0.39 is 173 Å². The van der Waals surface area contributed by atoms with Crippen LogP contribution < -0.4 is 0 Å². The van der Waals surface area contributed by atoms with Crippen molar-refractivity contribution in [2.24, 2.45) is 50.2 Å². The van der Waals surface area contributed by atoms with Crippen LogP contribution in [-0.2, 0) is 52.2 Å². The summed E-state index contributed by atoms with van der Waals surface area (Å²) in [5.74, 6) is -0.0142. The van der Waals surface area contributed by atoms with Crippen molar-refractivity contribution in [2.75, 3.05) is 26.4 Å². The molecule has 81 heavy (non-hydrogen) atoms. The number of allylic oxidation sites excluding steroid dienone is 2. The number of carbonyl (C=O) groups is 1. The summed E-state index contributed by atoms with van der Waals surface area (Å²) in [5.41, 5.74) is -0.371. The molecule has 0 radical (unpaired) electrons. The zero-order valence-corrected chi connectivity index (χ0v) is 47.8. The van der Waals surface area contributed by atoms with Gasteiger partial charge in [-0.3, -0.25) is 4.79 Å². The van der Waals surface area contributed by atoms with E-state index in [1.165, 1.54) is 12.5 Å². The Morgan fingerprint density at radius 3 is 1.81 bits per heavy atom. The lowest BCUT2D eigenvalue weighted by Crippen LogP contribution is -2.67. The molecule has 30 atom stereocenters. The first-order valence-electron chi connectivity index (χ1n) is 29.4. The predicted octanol–water partition coefficient (Wildman–Crippen LogP) is -1.27. The quantitative estimate of drug-likeness (QED) is 0.0848. The number of esters is 1. The van der Waals surface area contributed by atoms with E-state index in [4.69, 9.17) is 47.4 Å². The number of rotatable bonds is 11. The van der Waals surface area contributed by atoms with Crippen molar-refractivity contribution in [3.63, 3.8) is 0 Å². The Bertz CT molecular complexity index is 2250. The molecule has 10 rings (SSSR count). The molecule has 0 aromatic rings. The number of aliphatic hydroxyl groups is 13. The summed E-state index contributed by atoms with van der Waals surface area (Å²) < 4.78 is 59.9. The van der Waals surface area contributed by atoms with Crippen LogP contribution in [0.3, 0.4) is 0 Å². The fourth-order valence-electron chi connectivity index (χ4n) is 17.0. The van der Waals surface area contributed by atoms with Crippen LogP contribution in [0.2, 0.25) is 0 Å². The molecule has 0 aromatic heterocycles. The lowest BCUT2D eigenvalue weighted by molar-refractivity contribution is -0.393. The van der Waals surface area contributed by atoms with Crippen LogP contribution >= 0.6 is 0 Å². The van der Waals surface area contributed by atoms with E-state index in [1.807, 2.05) is 0 Å². The summed E-state index contributed by atoms with van der Waals surface area (Å²) in [5, 5.41) is 142. The molecule has 9 fully saturated rings. The number of aliphatic hydroxyl groups excluding tert-OH is 13. The highest BCUT2D eigenvalue weighted by Crippen LogP contribution is 2.76. The molecule has 464 valence electrons. The van der Waals surface area contributed by atoms with Gasteiger partial charge in [0, 0.05) is 0 Å². The van der Waals surface area contributed by atoms with E-state index in [0.29, 0.717) is 24.7 Å². The maximum Gasteiger partial charge on any atom is 0.315 e. The van der Waals surface area contributed by atoms with Gasteiger partial charge in [0.2, 0.25) is 6.29 Å². The van der Waals surface area contributed by atoms with Crippen LogP contribution in [0.4, 0.5) is 0 Å². The van der Waals surface area contributed by atoms with Gasteiger partial charge >= 0.3 is 5.97 Å². The van der Waals surface area contributed by atoms with Gasteiger partial charge in [-0.25, -0.2) is 0 Å². The Morgan fingerprint density at radius 1 is 0.556 bits per heavy atom. The molecule has 0 unspecified atom stereocenters. The summed E-state index contributed by atoms with van der Waals surface area (Å²) in [4.78, 5) is 15.5. The second-order valence-electron chi connectivity index (χ2n) is 27.7. The minimum absolute atomic E-state index is 0.0132. The summed E-state index contributed by atoms with van der Waals surface area (Å²) in [6.45, 7) is 15.4. The highest BCUT2D eigenvalue weighted by Gasteiger charge is 2.70. The highest BCUT2D eigenvalue weighted by molar-refractivity contribution is 5.79. The van der Waals surface area contributed by atoms with E-state index in [9.17, 15) is 66.4 Å². The first kappa shape index (κ1) is 62.4. The van der Waals surface area contributed by atoms with Crippen LogP contribution in [0.1, 0.15) is 120 Å². The van der Waals surface area contributed by atoms with Crippen molar-refractivity contribution in [2.45, 2.75) is 261 Å². The molecular formula is C57H92O24. The number of hydrogen-bond acceptors (Lipinski definition) is 24. The first-order valence-corrected chi connectivity index (χ1v) is 29.4. The van der Waals surface area contributed by atoms with Crippen molar-refractivity contribution in [3.8, 4) is 0 Å². The molecule has 13 N–H and O–H groups in total. The maximum atomic E-state index is 15.5. The zero-order chi connectivity index (χ0) is 58.8. The number of hydrogen-bond donors (Lipinski definition) is 13. The van der Waals surface area contributed by atoms with Crippen molar-refractivity contribution >= 4 is 5.97 Å². The Balaban J connectivity index is 0.905. The number of carbonyl (C=O) groups excluding carboxylic acids is 1. The largest absolute Gasteiger partial charge is 0.432 e. The maximum absolute atomic E-state index is 15.5. The Kier molecular flexibility index (Phi) is 17.6. The average Bonchev–Trinajstić information content (AvgIpc) is 1.15. The minimum atomic E-state index is -2.03. The monoisotopic (exact) mass is 1160 g/mol. The molecule has 0 amide bonds. The first-order chi connectivity index (χ1) is 37.9. The molecule has 5 saturated heterocycles. The molecule has 10 aliphatic rings. The SMILES string of the molecule is C[C@@H]1O[C@@H](O[C@H]2[C@H](OC(=O)[C@]34CCC(C)(C)C[C@H]3C3=CC[C@@H]5[C@@]6(C)CC[C@H](O)C(C)(C)[C@@H]6CC[C@@]5(C)[C@]3(C)CC4)OC[C@H](O)[C@@H]2O)[C@H](O)[C@H](O[C@@H]2OC[C@@H](O)[C@H](O[C@@H]3O[C@H](CO)[C@@H](O)[C@H](O)[C@H]3O)[C@H]2O)[C@H]1O[C@@H]1OC[C@@H](O)[C@H](O)[C@H]1O. The number of fused-ring (bicyclic) bond motifs is 7. The lowest BCUT2D eigenvalue weighted by Gasteiger charge is -2.71. The molecule has 0 aromatic carbocycles. The fraction of sp³-hybridized carbons (Fsp3) is 0.947. The van der Waals surface area contributed by atoms with Crippen LogP contribution in [-0.4, -0.2) is 240 Å². The number of ether oxygens (including phenoxy) is 10. The van der Waals surface area contributed by atoms with Crippen LogP contribution in [0.5, 0.6) is 0 Å². The third kappa shape index (κ3) is 10.5. The van der Waals surface area contributed by atoms with Gasteiger partial charge in [-0.1, -0.05) is 60.1 Å². The lowest BCUT2D eigenvalue weighted by atomic mass is 9.33. The van der Waals surface area contributed by atoms with Crippen molar-refractivity contribution in [1.29, 1.82) is 0 Å². The van der Waals surface area contributed by atoms with Crippen LogP contribution in [0.25, 0.3) is 0 Å². The van der Waals surface area contributed by atoms with Gasteiger partial charge in [0.25, 0.3) is 0 Å². The Morgan fingerprint density at radius 2 is 1.12 bits per heavy atom. The Hall–Kier alpha value is -1.67. The predicted molar refractivity (Wildman–Crippen MR) is 276 cm³/mol. The van der Waals surface area contributed by atoms with Gasteiger partial charge in [-0.2, -0.15) is 0 Å². The van der Waals surface area contributed by atoms with E-state index >= 15 is 4.79 Å². The molecule has 5 aliphatic carbocycles. The van der Waals surface area contributed by atoms with E-state index in [2.05, 4.69) is 54.5 Å². The Labute approximate surface area is 472 Å². The smallest absolute Gasteiger partial charge is 0.315 e. The molecule has 5 aliphatic heterocycles. The van der Waals surface area contributed by atoms with Crippen LogP contribution in [0, 0.1) is 50.2 Å². The molecule has 24 nitrogen and oxygen atoms in total. The normalized spacial score (nSPS) is 54.4. The molecule has 24 heteroatoms. The van der Waals surface area contributed by atoms with E-state index in [1.54, 1.807) is 0 Å². The zero-order valence-electron chi connectivity index (χ0n) is 47.8. The molecule has 4 saturated carbocycles.